The van der Waals surface area contributed by atoms with Crippen molar-refractivity contribution in [2.24, 2.45) is 0 Å². The van der Waals surface area contributed by atoms with Crippen molar-refractivity contribution in [1.82, 2.24) is 19.9 Å². The Bertz CT molecular complexity index is 1180. The lowest BCUT2D eigenvalue weighted by molar-refractivity contribution is -0.138. The Morgan fingerprint density at radius 2 is 1.74 bits per heavy atom. The number of benzene rings is 2. The summed E-state index contributed by atoms with van der Waals surface area (Å²) >= 11 is 1.58. The molecule has 3 heterocycles. The van der Waals surface area contributed by atoms with E-state index in [1.54, 1.807) is 11.3 Å². The molecule has 4 aromatic rings. The molecule has 1 aliphatic rings. The van der Waals surface area contributed by atoms with Gasteiger partial charge in [0.1, 0.15) is 6.61 Å². The summed E-state index contributed by atoms with van der Waals surface area (Å²) in [5.41, 5.74) is 3.23. The minimum Gasteiger partial charge on any atom is -0.367 e. The van der Waals surface area contributed by atoms with Crippen molar-refractivity contribution in [1.29, 1.82) is 0 Å². The Morgan fingerprint density at radius 3 is 2.47 bits per heavy atom. The number of thiophene rings is 1. The van der Waals surface area contributed by atoms with E-state index in [0.717, 1.165) is 48.7 Å². The fourth-order valence-electron chi connectivity index (χ4n) is 3.94. The van der Waals surface area contributed by atoms with E-state index in [1.807, 2.05) is 64.9 Å². The first-order valence-electron chi connectivity index (χ1n) is 11.3. The second-order valence-electron chi connectivity index (χ2n) is 8.23. The smallest absolute Gasteiger partial charge is 0.268 e. The van der Waals surface area contributed by atoms with Gasteiger partial charge in [0.2, 0.25) is 11.7 Å². The molecular weight excluding hydrogens is 448 g/mol. The number of hydrogen-bond donors (Lipinski definition) is 0. The molecule has 174 valence electrons. The third kappa shape index (κ3) is 5.59. The minimum absolute atomic E-state index is 0.0574. The van der Waals surface area contributed by atoms with Crippen LogP contribution in [0.25, 0.3) is 22.2 Å². The van der Waals surface area contributed by atoms with Gasteiger partial charge in [-0.3, -0.25) is 9.69 Å². The highest BCUT2D eigenvalue weighted by Crippen LogP contribution is 2.26. The quantitative estimate of drug-likeness (QED) is 0.379. The van der Waals surface area contributed by atoms with Crippen LogP contribution in [0.15, 0.2) is 76.6 Å². The molecule has 0 spiro atoms. The zero-order chi connectivity index (χ0) is 23.2. The van der Waals surface area contributed by atoms with E-state index >= 15 is 0 Å². The first-order valence-corrected chi connectivity index (χ1v) is 12.2. The molecule has 0 saturated carbocycles. The van der Waals surface area contributed by atoms with Crippen LogP contribution >= 0.6 is 11.3 Å². The minimum atomic E-state index is 0.0574. The van der Waals surface area contributed by atoms with Crippen molar-refractivity contribution in [3.8, 4) is 22.2 Å². The Morgan fingerprint density at radius 1 is 0.941 bits per heavy atom. The second-order valence-corrected chi connectivity index (χ2v) is 9.18. The average molecular weight is 475 g/mol. The van der Waals surface area contributed by atoms with Crippen LogP contribution in [0.5, 0.6) is 0 Å². The number of carbonyl (C=O) groups excluding carboxylic acids is 1. The molecule has 1 amide bonds. The SMILES string of the molecule is O=C(COCc1ccccc1)N1CCN(Cc2ccc(-c3noc(-c4cccs4)n3)cc2)CC1. The largest absolute Gasteiger partial charge is 0.367 e. The van der Waals surface area contributed by atoms with E-state index in [-0.39, 0.29) is 12.5 Å². The maximum atomic E-state index is 12.5. The summed E-state index contributed by atoms with van der Waals surface area (Å²) in [6, 6.07) is 22.1. The molecule has 7 nitrogen and oxygen atoms in total. The van der Waals surface area contributed by atoms with E-state index in [9.17, 15) is 4.79 Å². The van der Waals surface area contributed by atoms with Crippen molar-refractivity contribution in [3.05, 3.63) is 83.2 Å². The molecule has 2 aromatic heterocycles. The van der Waals surface area contributed by atoms with Crippen molar-refractivity contribution in [3.63, 3.8) is 0 Å². The lowest BCUT2D eigenvalue weighted by Crippen LogP contribution is -2.49. The first kappa shape index (κ1) is 22.5. The lowest BCUT2D eigenvalue weighted by Gasteiger charge is -2.34. The number of rotatable bonds is 8. The zero-order valence-corrected chi connectivity index (χ0v) is 19.6. The Balaban J connectivity index is 1.07. The van der Waals surface area contributed by atoms with Gasteiger partial charge in [-0.25, -0.2) is 0 Å². The molecule has 2 aromatic carbocycles. The highest BCUT2D eigenvalue weighted by molar-refractivity contribution is 7.13. The van der Waals surface area contributed by atoms with Gasteiger partial charge in [-0.2, -0.15) is 4.98 Å². The standard InChI is InChI=1S/C26H26N4O3S/c31-24(19-32-18-21-5-2-1-3-6-21)30-14-12-29(13-15-30)17-20-8-10-22(11-9-20)25-27-26(33-28-25)23-7-4-16-34-23/h1-11,16H,12-15,17-19H2. The summed E-state index contributed by atoms with van der Waals surface area (Å²) in [4.78, 5) is 22.2. The molecule has 0 N–H and O–H groups in total. The number of hydrogen-bond acceptors (Lipinski definition) is 7. The second kappa shape index (κ2) is 10.7. The van der Waals surface area contributed by atoms with Crippen molar-refractivity contribution in [2.75, 3.05) is 32.8 Å². The average Bonchev–Trinajstić information content (AvgIpc) is 3.58. The molecule has 0 atom stereocenters. The summed E-state index contributed by atoms with van der Waals surface area (Å²) in [7, 11) is 0. The maximum Gasteiger partial charge on any atom is 0.268 e. The molecule has 1 saturated heterocycles. The number of piperazine rings is 1. The van der Waals surface area contributed by atoms with Crippen LogP contribution in [-0.4, -0.2) is 58.6 Å². The van der Waals surface area contributed by atoms with Crippen LogP contribution in [0.1, 0.15) is 11.1 Å². The summed E-state index contributed by atoms with van der Waals surface area (Å²) in [6.45, 7) is 4.57. The van der Waals surface area contributed by atoms with Gasteiger partial charge in [0.05, 0.1) is 11.5 Å². The fourth-order valence-corrected chi connectivity index (χ4v) is 4.58. The molecule has 0 bridgehead atoms. The van der Waals surface area contributed by atoms with Gasteiger partial charge in [-0.1, -0.05) is 65.8 Å². The van der Waals surface area contributed by atoms with Gasteiger partial charge in [0.15, 0.2) is 0 Å². The third-order valence-corrected chi connectivity index (χ3v) is 6.70. The third-order valence-electron chi connectivity index (χ3n) is 5.84. The number of nitrogens with zero attached hydrogens (tertiary/aromatic N) is 4. The lowest BCUT2D eigenvalue weighted by atomic mass is 10.1. The molecule has 5 rings (SSSR count). The summed E-state index contributed by atoms with van der Waals surface area (Å²) in [6.07, 6.45) is 0. The monoisotopic (exact) mass is 474 g/mol. The van der Waals surface area contributed by atoms with Gasteiger partial charge in [-0.15, -0.1) is 11.3 Å². The molecule has 8 heteroatoms. The zero-order valence-electron chi connectivity index (χ0n) is 18.8. The molecule has 0 radical (unpaired) electrons. The van der Waals surface area contributed by atoms with Crippen LogP contribution in [0.3, 0.4) is 0 Å². The topological polar surface area (TPSA) is 71.7 Å². The van der Waals surface area contributed by atoms with Crippen molar-refractivity contribution >= 4 is 17.2 Å². The summed E-state index contributed by atoms with van der Waals surface area (Å²) in [5.74, 6) is 1.20. The summed E-state index contributed by atoms with van der Waals surface area (Å²) in [5, 5.41) is 6.10. The Labute approximate surface area is 202 Å². The van der Waals surface area contributed by atoms with Crippen LogP contribution in [-0.2, 0) is 22.7 Å². The number of amides is 1. The molecule has 34 heavy (non-hydrogen) atoms. The van der Waals surface area contributed by atoms with E-state index in [4.69, 9.17) is 9.26 Å². The molecule has 0 unspecified atom stereocenters. The van der Waals surface area contributed by atoms with Gasteiger partial charge < -0.3 is 14.2 Å². The van der Waals surface area contributed by atoms with E-state index in [1.165, 1.54) is 5.56 Å². The predicted molar refractivity (Wildman–Crippen MR) is 131 cm³/mol. The van der Waals surface area contributed by atoms with Gasteiger partial charge in [-0.05, 0) is 22.6 Å². The van der Waals surface area contributed by atoms with E-state index in [2.05, 4.69) is 27.2 Å². The predicted octanol–water partition coefficient (Wildman–Crippen LogP) is 4.33. The van der Waals surface area contributed by atoms with Crippen molar-refractivity contribution in [2.45, 2.75) is 13.2 Å². The van der Waals surface area contributed by atoms with Crippen molar-refractivity contribution < 1.29 is 14.1 Å². The Hall–Kier alpha value is -3.33. The molecule has 1 fully saturated rings. The van der Waals surface area contributed by atoms with Crippen LogP contribution in [0.2, 0.25) is 0 Å². The maximum absolute atomic E-state index is 12.5. The molecular formula is C26H26N4O3S. The number of carbonyl (C=O) groups is 1. The highest BCUT2D eigenvalue weighted by Gasteiger charge is 2.21. The first-order chi connectivity index (χ1) is 16.7. The normalized spacial score (nSPS) is 14.4. The van der Waals surface area contributed by atoms with E-state index < -0.39 is 0 Å². The van der Waals surface area contributed by atoms with Gasteiger partial charge in [0, 0.05) is 38.3 Å². The van der Waals surface area contributed by atoms with Gasteiger partial charge >= 0.3 is 0 Å². The number of aromatic nitrogens is 2. The number of ether oxygens (including phenoxy) is 1. The fraction of sp³-hybridized carbons (Fsp3) is 0.269. The van der Waals surface area contributed by atoms with Gasteiger partial charge in [0.25, 0.3) is 5.89 Å². The van der Waals surface area contributed by atoms with Crippen LogP contribution < -0.4 is 0 Å². The van der Waals surface area contributed by atoms with Crippen LogP contribution in [0, 0.1) is 0 Å². The van der Waals surface area contributed by atoms with Crippen LogP contribution in [0.4, 0.5) is 0 Å². The highest BCUT2D eigenvalue weighted by atomic mass is 32.1. The van der Waals surface area contributed by atoms with E-state index in [0.29, 0.717) is 18.3 Å². The molecule has 1 aliphatic heterocycles. The Kier molecular flexibility index (Phi) is 7.09. The molecule has 0 aliphatic carbocycles. The summed E-state index contributed by atoms with van der Waals surface area (Å²) < 4.78 is 11.0.